The van der Waals surface area contributed by atoms with Gasteiger partial charge in [0.15, 0.2) is 0 Å². The van der Waals surface area contributed by atoms with Gasteiger partial charge in [-0.1, -0.05) is 51.2 Å². The van der Waals surface area contributed by atoms with Crippen LogP contribution in [0.1, 0.15) is 71.1 Å². The fraction of sp³-hybridized carbons (Fsp3) is 0.857. The van der Waals surface area contributed by atoms with Gasteiger partial charge in [-0.2, -0.15) is 0 Å². The Balaban J connectivity index is 1.73. The zero-order chi connectivity index (χ0) is 19.1. The molecule has 2 aliphatic rings. The van der Waals surface area contributed by atoms with Crippen LogP contribution in [0.3, 0.4) is 0 Å². The summed E-state index contributed by atoms with van der Waals surface area (Å²) in [5, 5.41) is 39.5. The van der Waals surface area contributed by atoms with Crippen LogP contribution in [-0.2, 0) is 4.79 Å². The lowest BCUT2D eigenvalue weighted by Crippen LogP contribution is -2.21. The Morgan fingerprint density at radius 3 is 2.46 bits per heavy atom. The van der Waals surface area contributed by atoms with Crippen LogP contribution in [0.4, 0.5) is 0 Å². The van der Waals surface area contributed by atoms with E-state index < -0.39 is 24.3 Å². The van der Waals surface area contributed by atoms with E-state index in [1.807, 2.05) is 6.08 Å². The predicted octanol–water partition coefficient (Wildman–Crippen LogP) is 3.12. The number of aliphatic hydroxyl groups excluding tert-OH is 3. The predicted molar refractivity (Wildman–Crippen MR) is 101 cm³/mol. The molecule has 0 aromatic carbocycles. The van der Waals surface area contributed by atoms with Crippen LogP contribution in [0.2, 0.25) is 0 Å². The van der Waals surface area contributed by atoms with Gasteiger partial charge in [0.25, 0.3) is 0 Å². The highest BCUT2D eigenvalue weighted by molar-refractivity contribution is 5.73. The van der Waals surface area contributed by atoms with Crippen molar-refractivity contribution in [2.24, 2.45) is 23.7 Å². The third-order valence-corrected chi connectivity index (χ3v) is 6.18. The first kappa shape index (κ1) is 21.4. The lowest BCUT2D eigenvalue weighted by Gasteiger charge is -2.21. The van der Waals surface area contributed by atoms with Crippen LogP contribution in [0.25, 0.3) is 0 Å². The Bertz CT molecular complexity index is 463. The third kappa shape index (κ3) is 6.36. The van der Waals surface area contributed by atoms with Crippen molar-refractivity contribution in [2.45, 2.75) is 89.4 Å². The molecule has 2 rings (SSSR count). The molecule has 0 amide bonds. The van der Waals surface area contributed by atoms with Gasteiger partial charge in [-0.3, -0.25) is 4.79 Å². The van der Waals surface area contributed by atoms with Crippen LogP contribution >= 0.6 is 0 Å². The summed E-state index contributed by atoms with van der Waals surface area (Å²) in [5.41, 5.74) is 0. The molecule has 2 aliphatic carbocycles. The molecule has 0 bridgehead atoms. The molecule has 150 valence electrons. The first-order valence-corrected chi connectivity index (χ1v) is 10.4. The standard InChI is InChI=1S/C21H36O5/c1-2-3-4-8-15(22)10-11-17-16(19(23)13-20(17)24)9-6-5-7-14-12-18(14)21(25)26/h10-11,14-20,22-24H,2-9,12-13H2,1H3,(H,25,26)/t14-,15+,16-,17-,18-,19+,20-/m1/s1. The number of hydrogen-bond acceptors (Lipinski definition) is 4. The molecule has 0 radical (unpaired) electrons. The minimum Gasteiger partial charge on any atom is -0.481 e. The summed E-state index contributed by atoms with van der Waals surface area (Å²) in [5.74, 6) is -0.552. The lowest BCUT2D eigenvalue weighted by molar-refractivity contribution is -0.138. The summed E-state index contributed by atoms with van der Waals surface area (Å²) in [6.45, 7) is 2.13. The van der Waals surface area contributed by atoms with E-state index in [4.69, 9.17) is 5.11 Å². The van der Waals surface area contributed by atoms with E-state index >= 15 is 0 Å². The van der Waals surface area contributed by atoms with Crippen LogP contribution in [0, 0.1) is 23.7 Å². The highest BCUT2D eigenvalue weighted by Crippen LogP contribution is 2.43. The Kier molecular flexibility index (Phi) is 8.58. The molecular weight excluding hydrogens is 332 g/mol. The smallest absolute Gasteiger partial charge is 0.306 e. The van der Waals surface area contributed by atoms with E-state index in [9.17, 15) is 20.1 Å². The van der Waals surface area contributed by atoms with Crippen LogP contribution in [0.15, 0.2) is 12.2 Å². The van der Waals surface area contributed by atoms with E-state index in [1.165, 1.54) is 0 Å². The summed E-state index contributed by atoms with van der Waals surface area (Å²) >= 11 is 0. The van der Waals surface area contributed by atoms with Crippen molar-refractivity contribution in [1.82, 2.24) is 0 Å². The molecule has 4 N–H and O–H groups in total. The van der Waals surface area contributed by atoms with Crippen LogP contribution in [-0.4, -0.2) is 44.7 Å². The lowest BCUT2D eigenvalue weighted by atomic mass is 9.87. The van der Waals surface area contributed by atoms with Crippen molar-refractivity contribution in [3.05, 3.63) is 12.2 Å². The summed E-state index contributed by atoms with van der Waals surface area (Å²) < 4.78 is 0. The minimum absolute atomic E-state index is 0.0264. The molecule has 0 spiro atoms. The van der Waals surface area contributed by atoms with Gasteiger partial charge in [0, 0.05) is 12.3 Å². The zero-order valence-corrected chi connectivity index (χ0v) is 16.0. The first-order chi connectivity index (χ1) is 12.4. The first-order valence-electron chi connectivity index (χ1n) is 10.4. The van der Waals surface area contributed by atoms with Gasteiger partial charge < -0.3 is 20.4 Å². The fourth-order valence-corrected chi connectivity index (χ4v) is 4.39. The van der Waals surface area contributed by atoms with Gasteiger partial charge >= 0.3 is 5.97 Å². The number of aliphatic hydroxyl groups is 3. The summed E-state index contributed by atoms with van der Waals surface area (Å²) in [6, 6.07) is 0. The van der Waals surface area contributed by atoms with Crippen molar-refractivity contribution >= 4 is 5.97 Å². The van der Waals surface area contributed by atoms with Gasteiger partial charge in [-0.25, -0.2) is 0 Å². The summed E-state index contributed by atoms with van der Waals surface area (Å²) in [7, 11) is 0. The number of unbranched alkanes of at least 4 members (excludes halogenated alkanes) is 3. The Morgan fingerprint density at radius 2 is 1.81 bits per heavy atom. The maximum Gasteiger partial charge on any atom is 0.306 e. The average Bonchev–Trinajstić information content (AvgIpc) is 3.31. The number of carboxylic acid groups (broad SMARTS) is 1. The number of rotatable bonds is 12. The molecule has 0 aromatic heterocycles. The molecule has 5 nitrogen and oxygen atoms in total. The fourth-order valence-electron chi connectivity index (χ4n) is 4.39. The van der Waals surface area contributed by atoms with Gasteiger partial charge in [-0.15, -0.1) is 0 Å². The largest absolute Gasteiger partial charge is 0.481 e. The second-order valence-corrected chi connectivity index (χ2v) is 8.28. The molecule has 26 heavy (non-hydrogen) atoms. The highest BCUT2D eigenvalue weighted by Gasteiger charge is 2.43. The molecule has 0 aliphatic heterocycles. The van der Waals surface area contributed by atoms with Gasteiger partial charge in [0.1, 0.15) is 0 Å². The van der Waals surface area contributed by atoms with E-state index in [0.29, 0.717) is 12.3 Å². The Hall–Kier alpha value is -0.910. The van der Waals surface area contributed by atoms with E-state index in [0.717, 1.165) is 57.8 Å². The monoisotopic (exact) mass is 368 g/mol. The van der Waals surface area contributed by atoms with Gasteiger partial charge in [-0.05, 0) is 37.5 Å². The molecular formula is C21H36O5. The second-order valence-electron chi connectivity index (χ2n) is 8.28. The SMILES string of the molecule is CCCCC[C@H](O)C=C[C@@H]1[C@@H](CCCC[C@@H]2C[C@H]2C(=O)O)[C@@H](O)C[C@H]1O. The van der Waals surface area contributed by atoms with Crippen molar-refractivity contribution in [1.29, 1.82) is 0 Å². The van der Waals surface area contributed by atoms with Crippen molar-refractivity contribution < 1.29 is 25.2 Å². The maximum atomic E-state index is 10.9. The summed E-state index contributed by atoms with van der Waals surface area (Å²) in [4.78, 5) is 10.9. The van der Waals surface area contributed by atoms with E-state index in [1.54, 1.807) is 6.08 Å². The highest BCUT2D eigenvalue weighted by atomic mass is 16.4. The number of carbonyl (C=O) groups is 1. The van der Waals surface area contributed by atoms with Gasteiger partial charge in [0.2, 0.25) is 0 Å². The molecule has 2 saturated carbocycles. The minimum atomic E-state index is -0.674. The normalized spacial score (nSPS) is 35.1. The topological polar surface area (TPSA) is 98.0 Å². The Morgan fingerprint density at radius 1 is 1.08 bits per heavy atom. The summed E-state index contributed by atoms with van der Waals surface area (Å²) in [6.07, 6.45) is 11.1. The van der Waals surface area contributed by atoms with Crippen LogP contribution < -0.4 is 0 Å². The number of aliphatic carboxylic acids is 1. The Labute approximate surface area is 157 Å². The quantitative estimate of drug-likeness (QED) is 0.313. The average molecular weight is 369 g/mol. The van der Waals surface area contributed by atoms with Crippen molar-refractivity contribution in [2.75, 3.05) is 0 Å². The van der Waals surface area contributed by atoms with Crippen LogP contribution in [0.5, 0.6) is 0 Å². The van der Waals surface area contributed by atoms with Crippen molar-refractivity contribution in [3.8, 4) is 0 Å². The molecule has 0 aromatic rings. The number of hydrogen-bond donors (Lipinski definition) is 4. The van der Waals surface area contributed by atoms with E-state index in [2.05, 4.69) is 6.92 Å². The molecule has 0 unspecified atom stereocenters. The van der Waals surface area contributed by atoms with Crippen molar-refractivity contribution in [3.63, 3.8) is 0 Å². The second kappa shape index (κ2) is 10.4. The zero-order valence-electron chi connectivity index (χ0n) is 16.0. The van der Waals surface area contributed by atoms with Gasteiger partial charge in [0.05, 0.1) is 24.2 Å². The molecule has 7 atom stereocenters. The van der Waals surface area contributed by atoms with E-state index in [-0.39, 0.29) is 17.8 Å². The molecule has 0 heterocycles. The maximum absolute atomic E-state index is 10.9. The number of carboxylic acids is 1. The molecule has 2 fully saturated rings. The molecule has 0 saturated heterocycles. The third-order valence-electron chi connectivity index (χ3n) is 6.18. The molecule has 5 heteroatoms.